The van der Waals surface area contributed by atoms with Gasteiger partial charge in [0.1, 0.15) is 11.6 Å². The van der Waals surface area contributed by atoms with Crippen molar-refractivity contribution in [2.24, 2.45) is 0 Å². The molecule has 19 heavy (non-hydrogen) atoms. The maximum Gasteiger partial charge on any atom is 0.255 e. The van der Waals surface area contributed by atoms with Crippen LogP contribution in [0.25, 0.3) is 0 Å². The Balaban J connectivity index is 2.23. The zero-order valence-electron chi connectivity index (χ0n) is 9.38. The lowest BCUT2D eigenvalue weighted by molar-refractivity contribution is 0.102. The summed E-state index contributed by atoms with van der Waals surface area (Å²) in [5.74, 6) is -4.86. The Morgan fingerprint density at radius 1 is 0.842 bits per heavy atom. The highest BCUT2D eigenvalue weighted by Crippen LogP contribution is 2.17. The van der Waals surface area contributed by atoms with Crippen molar-refractivity contribution in [2.75, 3.05) is 5.32 Å². The van der Waals surface area contributed by atoms with Crippen molar-refractivity contribution in [3.8, 4) is 0 Å². The summed E-state index contributed by atoms with van der Waals surface area (Å²) in [5.41, 5.74) is -0.432. The number of benzene rings is 2. The molecule has 0 bridgehead atoms. The van der Waals surface area contributed by atoms with Crippen LogP contribution >= 0.6 is 0 Å². The summed E-state index contributed by atoms with van der Waals surface area (Å²) in [5, 5.41) is 2.13. The minimum Gasteiger partial charge on any atom is -0.319 e. The number of anilines is 1. The SMILES string of the molecule is O=C(Nc1ccc(F)cc1F)c1ccc(F)c(F)c1. The van der Waals surface area contributed by atoms with Crippen LogP contribution < -0.4 is 5.32 Å². The molecule has 2 nitrogen and oxygen atoms in total. The lowest BCUT2D eigenvalue weighted by atomic mass is 10.2. The molecule has 2 aromatic rings. The number of carbonyl (C=O) groups excluding carboxylic acids is 1. The predicted octanol–water partition coefficient (Wildman–Crippen LogP) is 3.50. The second kappa shape index (κ2) is 5.09. The number of amides is 1. The molecule has 2 rings (SSSR count). The van der Waals surface area contributed by atoms with Crippen LogP contribution in [-0.2, 0) is 0 Å². The fourth-order valence-corrected chi connectivity index (χ4v) is 1.42. The fourth-order valence-electron chi connectivity index (χ4n) is 1.42. The zero-order chi connectivity index (χ0) is 14.0. The number of carbonyl (C=O) groups is 1. The quantitative estimate of drug-likeness (QED) is 0.831. The Hall–Kier alpha value is -2.37. The predicted molar refractivity (Wildman–Crippen MR) is 60.7 cm³/mol. The van der Waals surface area contributed by atoms with Gasteiger partial charge in [0.05, 0.1) is 5.69 Å². The third-order valence-electron chi connectivity index (χ3n) is 2.36. The molecule has 0 heterocycles. The summed E-state index contributed by atoms with van der Waals surface area (Å²) < 4.78 is 51.6. The maximum atomic E-state index is 13.3. The lowest BCUT2D eigenvalue weighted by Crippen LogP contribution is -2.13. The van der Waals surface area contributed by atoms with Crippen molar-refractivity contribution in [2.45, 2.75) is 0 Å². The van der Waals surface area contributed by atoms with Crippen LogP contribution in [0.15, 0.2) is 36.4 Å². The molecule has 0 saturated carbocycles. The standard InChI is InChI=1S/C13H7F4NO/c14-8-2-4-12(11(17)6-8)18-13(19)7-1-3-9(15)10(16)5-7/h1-6H,(H,18,19). The van der Waals surface area contributed by atoms with Gasteiger partial charge >= 0.3 is 0 Å². The van der Waals surface area contributed by atoms with Crippen molar-refractivity contribution in [1.29, 1.82) is 0 Å². The molecular formula is C13H7F4NO. The van der Waals surface area contributed by atoms with E-state index < -0.39 is 29.2 Å². The first-order valence-corrected chi connectivity index (χ1v) is 5.19. The fraction of sp³-hybridized carbons (Fsp3) is 0. The van der Waals surface area contributed by atoms with Gasteiger partial charge in [0, 0.05) is 11.6 Å². The summed E-state index contributed by atoms with van der Waals surface area (Å²) in [7, 11) is 0. The van der Waals surface area contributed by atoms with Gasteiger partial charge in [0.15, 0.2) is 11.6 Å². The van der Waals surface area contributed by atoms with E-state index in [1.165, 1.54) is 0 Å². The Labute approximate surface area is 105 Å². The van der Waals surface area contributed by atoms with E-state index in [1.54, 1.807) is 0 Å². The summed E-state index contributed by atoms with van der Waals surface area (Å²) in [6, 6.07) is 5.11. The average Bonchev–Trinajstić information content (AvgIpc) is 2.36. The molecule has 0 aromatic heterocycles. The molecule has 6 heteroatoms. The largest absolute Gasteiger partial charge is 0.319 e. The molecule has 0 aliphatic carbocycles. The van der Waals surface area contributed by atoms with E-state index in [0.717, 1.165) is 24.3 Å². The number of nitrogens with one attached hydrogen (secondary N) is 1. The smallest absolute Gasteiger partial charge is 0.255 e. The van der Waals surface area contributed by atoms with Crippen molar-refractivity contribution in [3.05, 3.63) is 65.2 Å². The molecule has 0 spiro atoms. The van der Waals surface area contributed by atoms with Gasteiger partial charge in [-0.2, -0.15) is 0 Å². The van der Waals surface area contributed by atoms with Crippen LogP contribution in [0.1, 0.15) is 10.4 Å². The van der Waals surface area contributed by atoms with Crippen molar-refractivity contribution < 1.29 is 22.4 Å². The van der Waals surface area contributed by atoms with E-state index >= 15 is 0 Å². The van der Waals surface area contributed by atoms with Crippen LogP contribution in [0.5, 0.6) is 0 Å². The van der Waals surface area contributed by atoms with Gasteiger partial charge in [0.25, 0.3) is 5.91 Å². The number of halogens is 4. The highest BCUT2D eigenvalue weighted by molar-refractivity contribution is 6.04. The van der Waals surface area contributed by atoms with E-state index in [-0.39, 0.29) is 11.3 Å². The first kappa shape index (κ1) is 13.1. The maximum absolute atomic E-state index is 13.3. The second-order valence-corrected chi connectivity index (χ2v) is 3.71. The van der Waals surface area contributed by atoms with Gasteiger partial charge in [-0.05, 0) is 30.3 Å². The minimum absolute atomic E-state index is 0.178. The van der Waals surface area contributed by atoms with Gasteiger partial charge in [-0.1, -0.05) is 0 Å². The van der Waals surface area contributed by atoms with Gasteiger partial charge in [-0.3, -0.25) is 4.79 Å². The van der Waals surface area contributed by atoms with E-state index in [2.05, 4.69) is 5.32 Å². The van der Waals surface area contributed by atoms with E-state index in [4.69, 9.17) is 0 Å². The van der Waals surface area contributed by atoms with Crippen molar-refractivity contribution in [1.82, 2.24) is 0 Å². The molecule has 2 aromatic carbocycles. The van der Waals surface area contributed by atoms with Gasteiger partial charge < -0.3 is 5.32 Å². The Morgan fingerprint density at radius 2 is 1.58 bits per heavy atom. The van der Waals surface area contributed by atoms with Crippen LogP contribution in [-0.4, -0.2) is 5.91 Å². The average molecular weight is 269 g/mol. The molecule has 0 saturated heterocycles. The molecular weight excluding hydrogens is 262 g/mol. The highest BCUT2D eigenvalue weighted by atomic mass is 19.2. The van der Waals surface area contributed by atoms with E-state index in [0.29, 0.717) is 12.1 Å². The zero-order valence-corrected chi connectivity index (χ0v) is 9.38. The number of rotatable bonds is 2. The second-order valence-electron chi connectivity index (χ2n) is 3.71. The van der Waals surface area contributed by atoms with Gasteiger partial charge in [0.2, 0.25) is 0 Å². The Bertz CT molecular complexity index is 643. The summed E-state index contributed by atoms with van der Waals surface area (Å²) in [4.78, 5) is 11.7. The molecule has 98 valence electrons. The van der Waals surface area contributed by atoms with E-state index in [1.807, 2.05) is 0 Å². The molecule has 0 unspecified atom stereocenters. The molecule has 0 radical (unpaired) electrons. The first-order chi connectivity index (χ1) is 8.97. The monoisotopic (exact) mass is 269 g/mol. The third-order valence-corrected chi connectivity index (χ3v) is 2.36. The van der Waals surface area contributed by atoms with Gasteiger partial charge in [-0.25, -0.2) is 17.6 Å². The van der Waals surface area contributed by atoms with Crippen molar-refractivity contribution >= 4 is 11.6 Å². The third kappa shape index (κ3) is 2.90. The van der Waals surface area contributed by atoms with E-state index in [9.17, 15) is 22.4 Å². The highest BCUT2D eigenvalue weighted by Gasteiger charge is 2.12. The molecule has 1 N–H and O–H groups in total. The molecule has 0 aliphatic heterocycles. The Morgan fingerprint density at radius 3 is 2.21 bits per heavy atom. The van der Waals surface area contributed by atoms with Crippen molar-refractivity contribution in [3.63, 3.8) is 0 Å². The summed E-state index contributed by atoms with van der Waals surface area (Å²) in [6.45, 7) is 0. The van der Waals surface area contributed by atoms with Gasteiger partial charge in [-0.15, -0.1) is 0 Å². The number of hydrogen-bond acceptors (Lipinski definition) is 1. The molecule has 0 atom stereocenters. The first-order valence-electron chi connectivity index (χ1n) is 5.19. The molecule has 1 amide bonds. The van der Waals surface area contributed by atoms with Crippen LogP contribution in [0, 0.1) is 23.3 Å². The lowest BCUT2D eigenvalue weighted by Gasteiger charge is -2.06. The molecule has 0 aliphatic rings. The number of hydrogen-bond donors (Lipinski definition) is 1. The Kier molecular flexibility index (Phi) is 3.50. The molecule has 0 fully saturated rings. The summed E-state index contributed by atoms with van der Waals surface area (Å²) in [6.07, 6.45) is 0. The summed E-state index contributed by atoms with van der Waals surface area (Å²) >= 11 is 0. The normalized spacial score (nSPS) is 10.3. The van der Waals surface area contributed by atoms with Crippen LogP contribution in [0.2, 0.25) is 0 Å². The van der Waals surface area contributed by atoms with Crippen LogP contribution in [0.3, 0.4) is 0 Å². The van der Waals surface area contributed by atoms with Crippen LogP contribution in [0.4, 0.5) is 23.2 Å². The minimum atomic E-state index is -1.19. The topological polar surface area (TPSA) is 29.1 Å².